The fraction of sp³-hybridized carbons (Fsp3) is 0.278. The molecule has 0 aliphatic rings. The highest BCUT2D eigenvalue weighted by Crippen LogP contribution is 2.13. The maximum atomic E-state index is 12.4. The van der Waals surface area contributed by atoms with E-state index >= 15 is 0 Å². The van der Waals surface area contributed by atoms with Gasteiger partial charge < -0.3 is 0 Å². The molecule has 0 amide bonds. The molecule has 0 aromatic heterocycles. The number of carbonyl (C=O) groups excluding carboxylic acids is 1. The van der Waals surface area contributed by atoms with Crippen molar-refractivity contribution in [3.05, 3.63) is 70.7 Å². The molecule has 0 spiro atoms. The summed E-state index contributed by atoms with van der Waals surface area (Å²) in [5, 5.41) is 0.650. The monoisotopic (exact) mass is 301 g/mol. The van der Waals surface area contributed by atoms with Gasteiger partial charge in [-0.1, -0.05) is 41.9 Å². The zero-order chi connectivity index (χ0) is 15.2. The SMILES string of the molecule is CC(C(=O)c1ccc(Cl)cc1)N(C)CCc1ccccc1. The van der Waals surface area contributed by atoms with Crippen LogP contribution in [-0.2, 0) is 6.42 Å². The summed E-state index contributed by atoms with van der Waals surface area (Å²) in [5.41, 5.74) is 1.99. The maximum Gasteiger partial charge on any atom is 0.179 e. The summed E-state index contributed by atoms with van der Waals surface area (Å²) in [5.74, 6) is 0.127. The summed E-state index contributed by atoms with van der Waals surface area (Å²) >= 11 is 5.85. The Morgan fingerprint density at radius 2 is 1.71 bits per heavy atom. The molecule has 0 aliphatic heterocycles. The Bertz CT molecular complexity index is 580. The van der Waals surface area contributed by atoms with Crippen LogP contribution < -0.4 is 0 Å². The normalized spacial score (nSPS) is 12.4. The Morgan fingerprint density at radius 3 is 2.33 bits per heavy atom. The molecule has 0 bridgehead atoms. The third kappa shape index (κ3) is 4.42. The van der Waals surface area contributed by atoms with Crippen LogP contribution >= 0.6 is 11.6 Å². The first-order valence-corrected chi connectivity index (χ1v) is 7.49. The standard InChI is InChI=1S/C18H20ClNO/c1-14(18(21)16-8-10-17(19)11-9-16)20(2)13-12-15-6-4-3-5-7-15/h3-11,14H,12-13H2,1-2H3. The third-order valence-electron chi connectivity index (χ3n) is 3.77. The van der Waals surface area contributed by atoms with Crippen LogP contribution in [0.1, 0.15) is 22.8 Å². The number of nitrogens with zero attached hydrogens (tertiary/aromatic N) is 1. The molecule has 21 heavy (non-hydrogen) atoms. The van der Waals surface area contributed by atoms with Crippen LogP contribution in [0, 0.1) is 0 Å². The molecule has 0 saturated heterocycles. The number of hydrogen-bond acceptors (Lipinski definition) is 2. The molecular formula is C18H20ClNO. The average Bonchev–Trinajstić information content (AvgIpc) is 2.53. The van der Waals surface area contributed by atoms with E-state index in [2.05, 4.69) is 17.0 Å². The fourth-order valence-corrected chi connectivity index (χ4v) is 2.33. The molecule has 0 N–H and O–H groups in total. The highest BCUT2D eigenvalue weighted by atomic mass is 35.5. The summed E-state index contributed by atoms with van der Waals surface area (Å²) in [6, 6.07) is 17.2. The van der Waals surface area contributed by atoms with Gasteiger partial charge in [0, 0.05) is 17.1 Å². The number of likely N-dealkylation sites (N-methyl/N-ethyl adjacent to an activating group) is 1. The highest BCUT2D eigenvalue weighted by Gasteiger charge is 2.19. The second-order valence-electron chi connectivity index (χ2n) is 5.26. The Balaban J connectivity index is 1.93. The molecule has 0 fully saturated rings. The number of hydrogen-bond donors (Lipinski definition) is 0. The Morgan fingerprint density at radius 1 is 1.10 bits per heavy atom. The van der Waals surface area contributed by atoms with Gasteiger partial charge in [0.05, 0.1) is 6.04 Å². The number of rotatable bonds is 6. The molecule has 3 heteroatoms. The lowest BCUT2D eigenvalue weighted by molar-refractivity contribution is 0.0870. The van der Waals surface area contributed by atoms with Gasteiger partial charge in [-0.3, -0.25) is 9.69 Å². The van der Waals surface area contributed by atoms with E-state index in [-0.39, 0.29) is 11.8 Å². The van der Waals surface area contributed by atoms with Crippen molar-refractivity contribution in [2.45, 2.75) is 19.4 Å². The molecule has 0 heterocycles. The fourth-order valence-electron chi connectivity index (χ4n) is 2.20. The van der Waals surface area contributed by atoms with E-state index in [1.807, 2.05) is 32.2 Å². The van der Waals surface area contributed by atoms with Crippen LogP contribution in [0.5, 0.6) is 0 Å². The van der Waals surface area contributed by atoms with Crippen LogP contribution in [0.4, 0.5) is 0 Å². The van der Waals surface area contributed by atoms with Gasteiger partial charge in [-0.05, 0) is 50.2 Å². The van der Waals surface area contributed by atoms with Crippen LogP contribution in [0.2, 0.25) is 5.02 Å². The average molecular weight is 302 g/mol. The number of halogens is 1. The smallest absolute Gasteiger partial charge is 0.179 e. The predicted octanol–water partition coefficient (Wildman–Crippen LogP) is 4.09. The van der Waals surface area contributed by atoms with E-state index in [4.69, 9.17) is 11.6 Å². The van der Waals surface area contributed by atoms with E-state index in [1.165, 1.54) is 5.56 Å². The molecule has 0 saturated carbocycles. The molecule has 2 aromatic carbocycles. The van der Waals surface area contributed by atoms with Crippen LogP contribution in [0.15, 0.2) is 54.6 Å². The first-order valence-electron chi connectivity index (χ1n) is 7.12. The largest absolute Gasteiger partial charge is 0.296 e. The molecule has 2 nitrogen and oxygen atoms in total. The zero-order valence-corrected chi connectivity index (χ0v) is 13.2. The number of carbonyl (C=O) groups is 1. The number of Topliss-reactive ketones (excluding diaryl/α,β-unsaturated/α-hetero) is 1. The molecule has 0 aliphatic carbocycles. The molecule has 1 atom stereocenters. The summed E-state index contributed by atoms with van der Waals surface area (Å²) in [6.45, 7) is 2.80. The van der Waals surface area contributed by atoms with Gasteiger partial charge in [0.15, 0.2) is 5.78 Å². The van der Waals surface area contributed by atoms with Gasteiger partial charge in [-0.25, -0.2) is 0 Å². The lowest BCUT2D eigenvalue weighted by atomic mass is 10.0. The molecule has 1 unspecified atom stereocenters. The summed E-state index contributed by atoms with van der Waals surface area (Å²) in [4.78, 5) is 14.5. The van der Waals surface area contributed by atoms with Crippen molar-refractivity contribution in [2.75, 3.05) is 13.6 Å². The summed E-state index contributed by atoms with van der Waals surface area (Å²) < 4.78 is 0. The van der Waals surface area contributed by atoms with Crippen molar-refractivity contribution in [1.29, 1.82) is 0 Å². The minimum absolute atomic E-state index is 0.127. The molecule has 2 aromatic rings. The minimum atomic E-state index is -0.144. The van der Waals surface area contributed by atoms with E-state index in [0.717, 1.165) is 13.0 Å². The number of ketones is 1. The molecule has 0 radical (unpaired) electrons. The van der Waals surface area contributed by atoms with Gasteiger partial charge in [0.25, 0.3) is 0 Å². The first-order chi connectivity index (χ1) is 10.1. The lowest BCUT2D eigenvalue weighted by Crippen LogP contribution is -2.37. The van der Waals surface area contributed by atoms with Gasteiger partial charge in [0.2, 0.25) is 0 Å². The maximum absolute atomic E-state index is 12.4. The number of benzene rings is 2. The second-order valence-corrected chi connectivity index (χ2v) is 5.70. The molecule has 110 valence electrons. The summed E-state index contributed by atoms with van der Waals surface area (Å²) in [7, 11) is 1.99. The molecule has 2 rings (SSSR count). The molecular weight excluding hydrogens is 282 g/mol. The predicted molar refractivity (Wildman–Crippen MR) is 88.0 cm³/mol. The summed E-state index contributed by atoms with van der Waals surface area (Å²) in [6.07, 6.45) is 0.940. The van der Waals surface area contributed by atoms with E-state index < -0.39 is 0 Å². The van der Waals surface area contributed by atoms with Crippen molar-refractivity contribution in [3.63, 3.8) is 0 Å². The van der Waals surface area contributed by atoms with Crippen molar-refractivity contribution in [1.82, 2.24) is 4.90 Å². The van der Waals surface area contributed by atoms with E-state index in [9.17, 15) is 4.79 Å². The van der Waals surface area contributed by atoms with Crippen molar-refractivity contribution >= 4 is 17.4 Å². The zero-order valence-electron chi connectivity index (χ0n) is 12.4. The van der Waals surface area contributed by atoms with Gasteiger partial charge >= 0.3 is 0 Å². The van der Waals surface area contributed by atoms with Crippen LogP contribution in [0.25, 0.3) is 0 Å². The van der Waals surface area contributed by atoms with Gasteiger partial charge in [0.1, 0.15) is 0 Å². The second kappa shape index (κ2) is 7.39. The van der Waals surface area contributed by atoms with Gasteiger partial charge in [-0.15, -0.1) is 0 Å². The van der Waals surface area contributed by atoms with Crippen LogP contribution in [-0.4, -0.2) is 30.3 Å². The Labute approximate surface area is 131 Å². The minimum Gasteiger partial charge on any atom is -0.296 e. The lowest BCUT2D eigenvalue weighted by Gasteiger charge is -2.23. The first kappa shape index (κ1) is 15.7. The van der Waals surface area contributed by atoms with E-state index in [1.54, 1.807) is 24.3 Å². The quantitative estimate of drug-likeness (QED) is 0.749. The van der Waals surface area contributed by atoms with Gasteiger partial charge in [-0.2, -0.15) is 0 Å². The Kier molecular flexibility index (Phi) is 5.54. The Hall–Kier alpha value is -1.64. The van der Waals surface area contributed by atoms with Crippen molar-refractivity contribution in [2.24, 2.45) is 0 Å². The highest BCUT2D eigenvalue weighted by molar-refractivity contribution is 6.30. The van der Waals surface area contributed by atoms with Crippen LogP contribution in [0.3, 0.4) is 0 Å². The van der Waals surface area contributed by atoms with E-state index in [0.29, 0.717) is 10.6 Å². The third-order valence-corrected chi connectivity index (χ3v) is 4.02. The van der Waals surface area contributed by atoms with Crippen molar-refractivity contribution < 1.29 is 4.79 Å². The topological polar surface area (TPSA) is 20.3 Å². The van der Waals surface area contributed by atoms with Crippen molar-refractivity contribution in [3.8, 4) is 0 Å².